The van der Waals surface area contributed by atoms with Gasteiger partial charge in [-0.3, -0.25) is 0 Å². The van der Waals surface area contributed by atoms with E-state index in [1.165, 1.54) is 10.5 Å². The van der Waals surface area contributed by atoms with E-state index in [2.05, 4.69) is 35.8 Å². The summed E-state index contributed by atoms with van der Waals surface area (Å²) in [6, 6.07) is 8.90. The lowest BCUT2D eigenvalue weighted by molar-refractivity contribution is -0.0705. The fraction of sp³-hybridized carbons (Fsp3) is 0.625. The Balaban J connectivity index is 1.56. The Morgan fingerprint density at radius 3 is 2.77 bits per heavy atom. The summed E-state index contributed by atoms with van der Waals surface area (Å²) in [5, 5.41) is 3.57. The molecule has 2 atom stereocenters. The fourth-order valence-electron chi connectivity index (χ4n) is 3.37. The van der Waals surface area contributed by atoms with Crippen LogP contribution in [-0.4, -0.2) is 44.4 Å². The minimum atomic E-state index is -2.91. The highest BCUT2D eigenvalue weighted by Gasteiger charge is 2.46. The molecule has 6 heteroatoms. The van der Waals surface area contributed by atoms with Crippen LogP contribution in [0.3, 0.4) is 0 Å². The zero-order valence-electron chi connectivity index (χ0n) is 12.9. The van der Waals surface area contributed by atoms with Crippen molar-refractivity contribution >= 4 is 21.6 Å². The van der Waals surface area contributed by atoms with Crippen LogP contribution < -0.4 is 5.32 Å². The van der Waals surface area contributed by atoms with Gasteiger partial charge in [0.2, 0.25) is 0 Å². The molecule has 0 aliphatic carbocycles. The van der Waals surface area contributed by atoms with Crippen molar-refractivity contribution in [3.8, 4) is 0 Å². The molecule has 1 aromatic rings. The number of hydrogen-bond donors (Lipinski definition) is 1. The van der Waals surface area contributed by atoms with Crippen LogP contribution >= 0.6 is 11.8 Å². The van der Waals surface area contributed by atoms with Crippen molar-refractivity contribution in [2.45, 2.75) is 42.3 Å². The van der Waals surface area contributed by atoms with Gasteiger partial charge in [0.15, 0.2) is 9.84 Å². The second-order valence-electron chi connectivity index (χ2n) is 6.29. The van der Waals surface area contributed by atoms with Gasteiger partial charge in [0.25, 0.3) is 0 Å². The number of hydrogen-bond acceptors (Lipinski definition) is 5. The number of nitrogens with one attached hydrogen (secondary N) is 1. The van der Waals surface area contributed by atoms with Gasteiger partial charge in [0, 0.05) is 24.1 Å². The molecule has 1 spiro atoms. The first-order valence-electron chi connectivity index (χ1n) is 7.71. The molecule has 2 heterocycles. The Morgan fingerprint density at radius 2 is 2.14 bits per heavy atom. The molecule has 2 aliphatic heterocycles. The third-order valence-corrected chi connectivity index (χ3v) is 7.13. The molecule has 1 aromatic carbocycles. The summed E-state index contributed by atoms with van der Waals surface area (Å²) in [5.41, 5.74) is 0.828. The summed E-state index contributed by atoms with van der Waals surface area (Å²) in [6.45, 7) is 1.47. The molecule has 4 nitrogen and oxygen atoms in total. The predicted octanol–water partition coefficient (Wildman–Crippen LogP) is 2.23. The van der Waals surface area contributed by atoms with E-state index in [0.29, 0.717) is 19.1 Å². The van der Waals surface area contributed by atoms with Crippen molar-refractivity contribution in [1.29, 1.82) is 0 Å². The third kappa shape index (κ3) is 3.85. The van der Waals surface area contributed by atoms with Gasteiger partial charge in [-0.15, -0.1) is 11.8 Å². The van der Waals surface area contributed by atoms with E-state index >= 15 is 0 Å². The van der Waals surface area contributed by atoms with Crippen LogP contribution in [0.15, 0.2) is 29.2 Å². The molecule has 2 aliphatic rings. The maximum atomic E-state index is 11.7. The number of sulfone groups is 1. The molecule has 2 saturated heterocycles. The summed E-state index contributed by atoms with van der Waals surface area (Å²) < 4.78 is 29.3. The molecule has 1 N–H and O–H groups in total. The Bertz CT molecular complexity index is 615. The lowest BCUT2D eigenvalue weighted by atomic mass is 9.90. The average molecular weight is 341 g/mol. The molecule has 3 rings (SSSR count). The summed E-state index contributed by atoms with van der Waals surface area (Å²) in [5.74, 6) is 0.469. The molecule has 0 unspecified atom stereocenters. The summed E-state index contributed by atoms with van der Waals surface area (Å²) in [4.78, 5) is 1.27. The van der Waals surface area contributed by atoms with Gasteiger partial charge in [0.05, 0.1) is 17.1 Å². The van der Waals surface area contributed by atoms with Gasteiger partial charge in [0.1, 0.15) is 0 Å². The van der Waals surface area contributed by atoms with Gasteiger partial charge in [-0.2, -0.15) is 0 Å². The van der Waals surface area contributed by atoms with Crippen LogP contribution in [0.1, 0.15) is 24.8 Å². The quantitative estimate of drug-likeness (QED) is 0.851. The molecule has 0 aromatic heterocycles. The van der Waals surface area contributed by atoms with Crippen molar-refractivity contribution < 1.29 is 13.2 Å². The van der Waals surface area contributed by atoms with Crippen molar-refractivity contribution in [2.75, 3.05) is 24.4 Å². The Morgan fingerprint density at radius 1 is 1.36 bits per heavy atom. The molecular formula is C16H23NO3S2. The fourth-order valence-corrected chi connectivity index (χ4v) is 5.75. The van der Waals surface area contributed by atoms with Crippen LogP contribution in [0.5, 0.6) is 0 Å². The second kappa shape index (κ2) is 6.51. The molecule has 22 heavy (non-hydrogen) atoms. The van der Waals surface area contributed by atoms with Crippen molar-refractivity contribution in [1.82, 2.24) is 5.32 Å². The zero-order chi connectivity index (χ0) is 15.6. The highest BCUT2D eigenvalue weighted by atomic mass is 32.2. The van der Waals surface area contributed by atoms with Crippen molar-refractivity contribution in [2.24, 2.45) is 0 Å². The lowest BCUT2D eigenvalue weighted by Crippen LogP contribution is -2.47. The molecule has 2 fully saturated rings. The van der Waals surface area contributed by atoms with Crippen LogP contribution in [0, 0.1) is 0 Å². The van der Waals surface area contributed by atoms with Crippen LogP contribution in [0.2, 0.25) is 0 Å². The summed E-state index contributed by atoms with van der Waals surface area (Å²) >= 11 is 1.74. The number of benzene rings is 1. The Kier molecular flexibility index (Phi) is 4.83. The van der Waals surface area contributed by atoms with Gasteiger partial charge in [-0.05, 0) is 43.2 Å². The van der Waals surface area contributed by atoms with E-state index in [0.717, 1.165) is 19.4 Å². The molecule has 0 bridgehead atoms. The summed E-state index contributed by atoms with van der Waals surface area (Å²) in [7, 11) is -2.91. The second-order valence-corrected chi connectivity index (χ2v) is 9.36. The van der Waals surface area contributed by atoms with Gasteiger partial charge >= 0.3 is 0 Å². The van der Waals surface area contributed by atoms with Gasteiger partial charge < -0.3 is 10.1 Å². The highest BCUT2D eigenvalue weighted by molar-refractivity contribution is 7.98. The SMILES string of the molecule is CSc1ccc(CN[C@H]2CCO[C@@]3(CCS(=O)(=O)C3)C2)cc1. The normalized spacial score (nSPS) is 30.7. The lowest BCUT2D eigenvalue weighted by Gasteiger charge is -2.37. The molecule has 0 amide bonds. The van der Waals surface area contributed by atoms with Crippen LogP contribution in [0.25, 0.3) is 0 Å². The third-order valence-electron chi connectivity index (χ3n) is 4.60. The van der Waals surface area contributed by atoms with Crippen LogP contribution in [-0.2, 0) is 21.1 Å². The molecule has 122 valence electrons. The van der Waals surface area contributed by atoms with E-state index in [9.17, 15) is 8.42 Å². The largest absolute Gasteiger partial charge is 0.374 e. The van der Waals surface area contributed by atoms with E-state index in [-0.39, 0.29) is 11.5 Å². The number of thioether (sulfide) groups is 1. The number of rotatable bonds is 4. The van der Waals surface area contributed by atoms with E-state index in [1.807, 2.05) is 0 Å². The number of ether oxygens (including phenoxy) is 1. The van der Waals surface area contributed by atoms with Crippen LogP contribution in [0.4, 0.5) is 0 Å². The predicted molar refractivity (Wildman–Crippen MR) is 90.0 cm³/mol. The zero-order valence-corrected chi connectivity index (χ0v) is 14.5. The minimum absolute atomic E-state index is 0.195. The topological polar surface area (TPSA) is 55.4 Å². The monoisotopic (exact) mass is 341 g/mol. The smallest absolute Gasteiger partial charge is 0.153 e. The van der Waals surface area contributed by atoms with E-state index in [1.54, 1.807) is 11.8 Å². The van der Waals surface area contributed by atoms with Crippen molar-refractivity contribution in [3.05, 3.63) is 29.8 Å². The molecule has 0 saturated carbocycles. The van der Waals surface area contributed by atoms with Gasteiger partial charge in [-0.25, -0.2) is 8.42 Å². The maximum absolute atomic E-state index is 11.7. The first-order valence-corrected chi connectivity index (χ1v) is 10.8. The maximum Gasteiger partial charge on any atom is 0.153 e. The van der Waals surface area contributed by atoms with E-state index in [4.69, 9.17) is 4.74 Å². The molecular weight excluding hydrogens is 318 g/mol. The summed E-state index contributed by atoms with van der Waals surface area (Å²) in [6.07, 6.45) is 4.47. The van der Waals surface area contributed by atoms with E-state index < -0.39 is 15.4 Å². The standard InChI is InChI=1S/C16H23NO3S2/c1-21-15-4-2-13(3-5-15)11-17-14-6-8-20-16(10-14)7-9-22(18,19)12-16/h2-5,14,17H,6-12H2,1H3/t14-,16-/m0/s1. The Hall–Kier alpha value is -0.560. The van der Waals surface area contributed by atoms with Crippen molar-refractivity contribution in [3.63, 3.8) is 0 Å². The minimum Gasteiger partial charge on any atom is -0.374 e. The first kappa shape index (κ1) is 16.3. The molecule has 0 radical (unpaired) electrons. The highest BCUT2D eigenvalue weighted by Crippen LogP contribution is 2.35. The average Bonchev–Trinajstić information content (AvgIpc) is 2.80. The van der Waals surface area contributed by atoms with Gasteiger partial charge in [-0.1, -0.05) is 12.1 Å². The Labute approximate surface area is 136 Å². The first-order chi connectivity index (χ1) is 10.5.